The van der Waals surface area contributed by atoms with Gasteiger partial charge < -0.3 is 10.6 Å². The lowest BCUT2D eigenvalue weighted by atomic mass is 9.71. The van der Waals surface area contributed by atoms with Crippen LogP contribution in [0, 0.1) is 11.3 Å². The van der Waals surface area contributed by atoms with Crippen molar-refractivity contribution in [2.45, 2.75) is 71.1 Å². The van der Waals surface area contributed by atoms with Crippen molar-refractivity contribution in [1.82, 2.24) is 4.90 Å². The molecule has 2 N–H and O–H groups in total. The molecule has 3 nitrogen and oxygen atoms in total. The van der Waals surface area contributed by atoms with Crippen molar-refractivity contribution in [2.24, 2.45) is 17.1 Å². The van der Waals surface area contributed by atoms with Crippen molar-refractivity contribution < 1.29 is 4.79 Å². The highest BCUT2D eigenvalue weighted by molar-refractivity contribution is 5.77. The van der Waals surface area contributed by atoms with Crippen molar-refractivity contribution in [3.05, 3.63) is 0 Å². The van der Waals surface area contributed by atoms with E-state index in [-0.39, 0.29) is 5.41 Å². The van der Waals surface area contributed by atoms with Gasteiger partial charge in [-0.15, -0.1) is 0 Å². The summed E-state index contributed by atoms with van der Waals surface area (Å²) < 4.78 is 0. The molecule has 1 aliphatic heterocycles. The summed E-state index contributed by atoms with van der Waals surface area (Å²) in [5, 5.41) is 0. The molecular weight excluding hydrogens is 248 g/mol. The number of hydrogen-bond acceptors (Lipinski definition) is 2. The van der Waals surface area contributed by atoms with Gasteiger partial charge in [0.05, 0.1) is 0 Å². The Morgan fingerprint density at radius 3 is 2.65 bits per heavy atom. The first kappa shape index (κ1) is 15.8. The van der Waals surface area contributed by atoms with E-state index in [1.165, 1.54) is 44.9 Å². The Kier molecular flexibility index (Phi) is 5.88. The monoisotopic (exact) mass is 280 g/mol. The third-order valence-corrected chi connectivity index (χ3v) is 5.44. The first-order valence-corrected chi connectivity index (χ1v) is 8.67. The second kappa shape index (κ2) is 7.44. The number of amides is 1. The first-order valence-electron chi connectivity index (χ1n) is 8.67. The molecule has 2 fully saturated rings. The summed E-state index contributed by atoms with van der Waals surface area (Å²) in [4.78, 5) is 14.8. The summed E-state index contributed by atoms with van der Waals surface area (Å²) in [5.74, 6) is 1.11. The molecule has 1 unspecified atom stereocenters. The minimum atomic E-state index is 0.118. The fourth-order valence-corrected chi connectivity index (χ4v) is 4.12. The molecule has 1 atom stereocenters. The van der Waals surface area contributed by atoms with Crippen molar-refractivity contribution in [1.29, 1.82) is 0 Å². The van der Waals surface area contributed by atoms with Crippen LogP contribution in [-0.4, -0.2) is 30.4 Å². The zero-order chi connectivity index (χ0) is 14.4. The predicted molar refractivity (Wildman–Crippen MR) is 83.4 cm³/mol. The molecule has 0 spiro atoms. The Hall–Kier alpha value is -0.570. The Morgan fingerprint density at radius 2 is 2.00 bits per heavy atom. The number of likely N-dealkylation sites (tertiary alicyclic amines) is 1. The van der Waals surface area contributed by atoms with Crippen LogP contribution in [0.25, 0.3) is 0 Å². The molecule has 1 amide bonds. The van der Waals surface area contributed by atoms with E-state index in [0.29, 0.717) is 18.9 Å². The van der Waals surface area contributed by atoms with Crippen molar-refractivity contribution in [2.75, 3.05) is 19.6 Å². The highest BCUT2D eigenvalue weighted by atomic mass is 16.2. The number of carbonyl (C=O) groups is 1. The summed E-state index contributed by atoms with van der Waals surface area (Å²) in [5.41, 5.74) is 6.14. The Balaban J connectivity index is 1.89. The molecule has 20 heavy (non-hydrogen) atoms. The van der Waals surface area contributed by atoms with Gasteiger partial charge in [0.25, 0.3) is 0 Å². The first-order chi connectivity index (χ1) is 9.69. The molecule has 3 heteroatoms. The fraction of sp³-hybridized carbons (Fsp3) is 0.941. The van der Waals surface area contributed by atoms with Crippen molar-refractivity contribution in [3.63, 3.8) is 0 Å². The number of rotatable bonds is 5. The lowest BCUT2D eigenvalue weighted by Gasteiger charge is -2.39. The van der Waals surface area contributed by atoms with Crippen LogP contribution < -0.4 is 5.73 Å². The average Bonchev–Trinajstić information content (AvgIpc) is 2.49. The summed E-state index contributed by atoms with van der Waals surface area (Å²) in [6.07, 6.45) is 11.8. The van der Waals surface area contributed by atoms with Gasteiger partial charge in [-0.25, -0.2) is 0 Å². The zero-order valence-corrected chi connectivity index (χ0v) is 13.2. The molecular formula is C17H32N2O. The molecule has 1 heterocycles. The third kappa shape index (κ3) is 3.97. The highest BCUT2D eigenvalue weighted by Crippen LogP contribution is 2.39. The van der Waals surface area contributed by atoms with E-state index in [1.54, 1.807) is 0 Å². The quantitative estimate of drug-likeness (QED) is 0.839. The lowest BCUT2D eigenvalue weighted by molar-refractivity contribution is -0.136. The Bertz CT molecular complexity index is 308. The van der Waals surface area contributed by atoms with Gasteiger partial charge in [-0.05, 0) is 50.0 Å². The molecule has 2 rings (SSSR count). The van der Waals surface area contributed by atoms with Gasteiger partial charge in [-0.2, -0.15) is 0 Å². The van der Waals surface area contributed by atoms with Crippen LogP contribution in [-0.2, 0) is 4.79 Å². The lowest BCUT2D eigenvalue weighted by Crippen LogP contribution is -2.44. The van der Waals surface area contributed by atoms with Crippen molar-refractivity contribution >= 4 is 5.91 Å². The van der Waals surface area contributed by atoms with Crippen LogP contribution >= 0.6 is 0 Å². The topological polar surface area (TPSA) is 46.3 Å². The van der Waals surface area contributed by atoms with Crippen LogP contribution in [0.3, 0.4) is 0 Å². The molecule has 1 saturated heterocycles. The molecule has 0 aromatic rings. The summed E-state index contributed by atoms with van der Waals surface area (Å²) in [6.45, 7) is 4.89. The van der Waals surface area contributed by atoms with Gasteiger partial charge in [-0.3, -0.25) is 4.79 Å². The maximum atomic E-state index is 12.7. The summed E-state index contributed by atoms with van der Waals surface area (Å²) >= 11 is 0. The maximum Gasteiger partial charge on any atom is 0.223 e. The maximum absolute atomic E-state index is 12.7. The molecule has 1 aliphatic carbocycles. The average molecular weight is 280 g/mol. The molecule has 0 bridgehead atoms. The van der Waals surface area contributed by atoms with Gasteiger partial charge in [0.2, 0.25) is 5.91 Å². The van der Waals surface area contributed by atoms with Gasteiger partial charge >= 0.3 is 0 Å². The second-order valence-corrected chi connectivity index (χ2v) is 7.08. The number of piperidine rings is 1. The molecule has 0 aromatic heterocycles. The van der Waals surface area contributed by atoms with Gasteiger partial charge in [0, 0.05) is 19.5 Å². The Labute approximate surface area is 124 Å². The summed E-state index contributed by atoms with van der Waals surface area (Å²) in [6, 6.07) is 0. The smallest absolute Gasteiger partial charge is 0.223 e. The van der Waals surface area contributed by atoms with E-state index in [1.807, 2.05) is 0 Å². The normalized spacial score (nSPS) is 26.5. The van der Waals surface area contributed by atoms with E-state index in [9.17, 15) is 4.79 Å². The van der Waals surface area contributed by atoms with Crippen molar-refractivity contribution in [3.8, 4) is 0 Å². The van der Waals surface area contributed by atoms with Crippen LogP contribution in [0.15, 0.2) is 0 Å². The van der Waals surface area contributed by atoms with Crippen LogP contribution in [0.2, 0.25) is 0 Å². The zero-order valence-electron chi connectivity index (χ0n) is 13.2. The number of nitrogens with zero attached hydrogens (tertiary/aromatic N) is 1. The number of carbonyl (C=O) groups excluding carboxylic acids is 1. The number of nitrogens with two attached hydrogens (primary N) is 1. The van der Waals surface area contributed by atoms with E-state index in [0.717, 1.165) is 31.8 Å². The van der Waals surface area contributed by atoms with Crippen LogP contribution in [0.1, 0.15) is 71.1 Å². The van der Waals surface area contributed by atoms with E-state index in [4.69, 9.17) is 5.73 Å². The number of hydrogen-bond donors (Lipinski definition) is 1. The van der Waals surface area contributed by atoms with E-state index < -0.39 is 0 Å². The van der Waals surface area contributed by atoms with Gasteiger partial charge in [-0.1, -0.05) is 32.6 Å². The van der Waals surface area contributed by atoms with Gasteiger partial charge in [0.1, 0.15) is 0 Å². The van der Waals surface area contributed by atoms with Crippen LogP contribution in [0.4, 0.5) is 0 Å². The molecule has 0 radical (unpaired) electrons. The van der Waals surface area contributed by atoms with Crippen LogP contribution in [0.5, 0.6) is 0 Å². The summed E-state index contributed by atoms with van der Waals surface area (Å²) in [7, 11) is 0. The predicted octanol–water partition coefficient (Wildman–Crippen LogP) is 3.32. The second-order valence-electron chi connectivity index (χ2n) is 7.08. The third-order valence-electron chi connectivity index (χ3n) is 5.44. The molecule has 2 aliphatic rings. The minimum absolute atomic E-state index is 0.118. The largest absolute Gasteiger partial charge is 0.342 e. The molecule has 116 valence electrons. The molecule has 1 saturated carbocycles. The van der Waals surface area contributed by atoms with Gasteiger partial charge in [0.15, 0.2) is 0 Å². The highest BCUT2D eigenvalue weighted by Gasteiger charge is 2.35. The van der Waals surface area contributed by atoms with E-state index in [2.05, 4.69) is 11.8 Å². The van der Waals surface area contributed by atoms with E-state index >= 15 is 0 Å². The minimum Gasteiger partial charge on any atom is -0.342 e. The SMILES string of the molecule is CCCC1CCCN(C(=O)CC2(CN)CCCCC2)C1. The standard InChI is InChI=1S/C17H32N2O/c1-2-7-15-8-6-11-19(13-15)16(20)12-17(14-18)9-4-3-5-10-17/h15H,2-14,18H2,1H3. The Morgan fingerprint density at radius 1 is 1.25 bits per heavy atom. The molecule has 0 aromatic carbocycles. The fourth-order valence-electron chi connectivity index (χ4n) is 4.12.